The average molecular weight is 471 g/mol. The highest BCUT2D eigenvalue weighted by Crippen LogP contribution is 2.36. The molecular formula is C28H22ClN3O2. The highest BCUT2D eigenvalue weighted by molar-refractivity contribution is 6.31. The number of ether oxygens (including phenoxy) is 1. The largest absolute Gasteiger partial charge is 0.489 e. The van der Waals surface area contributed by atoms with Gasteiger partial charge in [0.1, 0.15) is 12.4 Å². The molecule has 0 fully saturated rings. The maximum Gasteiger partial charge on any atom is 0.251 e. The lowest BCUT2D eigenvalue weighted by atomic mass is 9.93. The first kappa shape index (κ1) is 17.6. The molecule has 5 nitrogen and oxygen atoms in total. The van der Waals surface area contributed by atoms with Crippen LogP contribution in [0, 0.1) is 6.92 Å². The fraction of sp³-hybridized carbons (Fsp3) is 0.143. The number of benzene rings is 3. The van der Waals surface area contributed by atoms with Gasteiger partial charge in [-0.3, -0.25) is 4.79 Å². The van der Waals surface area contributed by atoms with Crippen LogP contribution in [0.1, 0.15) is 32.5 Å². The van der Waals surface area contributed by atoms with Crippen molar-refractivity contribution >= 4 is 22.5 Å². The molecule has 1 atom stereocenters. The predicted octanol–water partition coefficient (Wildman–Crippen LogP) is 5.89. The normalized spacial score (nSPS) is 16.5. The summed E-state index contributed by atoms with van der Waals surface area (Å²) in [5.74, 6) is 0.615. The van der Waals surface area contributed by atoms with Gasteiger partial charge < -0.3 is 13.9 Å². The number of halogens is 1. The smallest absolute Gasteiger partial charge is 0.251 e. The Hall–Kier alpha value is -3.83. The van der Waals surface area contributed by atoms with E-state index >= 15 is 0 Å². The highest BCUT2D eigenvalue weighted by atomic mass is 35.5. The van der Waals surface area contributed by atoms with Crippen LogP contribution in [0.25, 0.3) is 22.0 Å². The number of aromatic nitrogens is 3. The van der Waals surface area contributed by atoms with Gasteiger partial charge in [0, 0.05) is 39.3 Å². The monoisotopic (exact) mass is 470 g/mol. The molecule has 0 spiro atoms. The van der Waals surface area contributed by atoms with E-state index in [2.05, 4.69) is 4.98 Å². The second-order valence-corrected chi connectivity index (χ2v) is 8.95. The number of fused-ring (bicyclic) bond motifs is 6. The Morgan fingerprint density at radius 1 is 1.09 bits per heavy atom. The molecule has 6 bridgehead atoms. The lowest BCUT2D eigenvalue weighted by Crippen LogP contribution is -2.17. The quantitative estimate of drug-likeness (QED) is 0.307. The SMILES string of the molecule is [2H]C([2H])([2H])n1c(=O)cc2c3cc(ccc31)[C@@H](n1cnc(C)c1)c1ccc(Cl)c(c1)COc1cccc-2c1. The van der Waals surface area contributed by atoms with Crippen molar-refractivity contribution < 1.29 is 8.85 Å². The molecule has 0 amide bonds. The molecule has 6 rings (SSSR count). The number of nitrogens with zero attached hydrogens (tertiary/aromatic N) is 3. The van der Waals surface area contributed by atoms with E-state index in [-0.39, 0.29) is 12.6 Å². The van der Waals surface area contributed by atoms with Crippen LogP contribution < -0.4 is 10.3 Å². The van der Waals surface area contributed by atoms with Gasteiger partial charge in [0.15, 0.2) is 0 Å². The Bertz CT molecular complexity index is 1740. The van der Waals surface area contributed by atoms with Crippen LogP contribution in [0.2, 0.25) is 5.02 Å². The summed E-state index contributed by atoms with van der Waals surface area (Å²) in [6, 6.07) is 20.0. The molecule has 3 aromatic carbocycles. The minimum Gasteiger partial charge on any atom is -0.489 e. The molecule has 0 saturated carbocycles. The molecule has 0 N–H and O–H groups in total. The van der Waals surface area contributed by atoms with Crippen molar-refractivity contribution in [1.29, 1.82) is 0 Å². The fourth-order valence-corrected chi connectivity index (χ4v) is 4.84. The molecular weight excluding hydrogens is 446 g/mol. The van der Waals surface area contributed by atoms with Crippen LogP contribution >= 0.6 is 11.6 Å². The van der Waals surface area contributed by atoms with E-state index in [1.165, 1.54) is 6.07 Å². The van der Waals surface area contributed by atoms with Gasteiger partial charge in [0.25, 0.3) is 5.56 Å². The topological polar surface area (TPSA) is 49.0 Å². The van der Waals surface area contributed by atoms with Gasteiger partial charge in [-0.25, -0.2) is 4.98 Å². The molecule has 0 saturated heterocycles. The molecule has 168 valence electrons. The predicted molar refractivity (Wildman–Crippen MR) is 135 cm³/mol. The van der Waals surface area contributed by atoms with E-state index in [9.17, 15) is 4.79 Å². The van der Waals surface area contributed by atoms with Crippen LogP contribution in [0.3, 0.4) is 0 Å². The third-order valence-corrected chi connectivity index (χ3v) is 6.68. The summed E-state index contributed by atoms with van der Waals surface area (Å²) in [5.41, 5.74) is 4.72. The third-order valence-electron chi connectivity index (χ3n) is 6.31. The van der Waals surface area contributed by atoms with Crippen molar-refractivity contribution in [3.05, 3.63) is 117 Å². The first-order chi connectivity index (χ1) is 17.7. The molecule has 0 aliphatic carbocycles. The zero-order chi connectivity index (χ0) is 25.9. The number of pyridine rings is 1. The van der Waals surface area contributed by atoms with Crippen LogP contribution in [-0.4, -0.2) is 14.1 Å². The van der Waals surface area contributed by atoms with Crippen molar-refractivity contribution in [2.24, 2.45) is 6.98 Å². The molecule has 5 aromatic rings. The summed E-state index contributed by atoms with van der Waals surface area (Å²) >= 11 is 6.55. The fourth-order valence-electron chi connectivity index (χ4n) is 4.67. The minimum atomic E-state index is -2.63. The van der Waals surface area contributed by atoms with Gasteiger partial charge >= 0.3 is 0 Å². The van der Waals surface area contributed by atoms with Crippen LogP contribution in [0.5, 0.6) is 5.75 Å². The van der Waals surface area contributed by atoms with Gasteiger partial charge in [-0.15, -0.1) is 0 Å². The summed E-state index contributed by atoms with van der Waals surface area (Å²) in [5, 5.41) is 1.25. The van der Waals surface area contributed by atoms with Crippen molar-refractivity contribution in [2.45, 2.75) is 19.6 Å². The zero-order valence-electron chi connectivity index (χ0n) is 21.3. The summed E-state index contributed by atoms with van der Waals surface area (Å²) in [4.78, 5) is 17.5. The van der Waals surface area contributed by atoms with Crippen LogP contribution in [0.4, 0.5) is 0 Å². The lowest BCUT2D eigenvalue weighted by molar-refractivity contribution is 0.306. The number of hydrogen-bond acceptors (Lipinski definition) is 3. The van der Waals surface area contributed by atoms with Crippen molar-refractivity contribution in [3.63, 3.8) is 0 Å². The van der Waals surface area contributed by atoms with Crippen LogP contribution in [-0.2, 0) is 13.6 Å². The third kappa shape index (κ3) is 3.40. The van der Waals surface area contributed by atoms with E-state index in [1.54, 1.807) is 12.4 Å². The summed E-state index contributed by atoms with van der Waals surface area (Å²) in [7, 11) is 0. The molecule has 2 aromatic heterocycles. The van der Waals surface area contributed by atoms with E-state index in [0.717, 1.165) is 32.5 Å². The zero-order valence-corrected chi connectivity index (χ0v) is 19.1. The Labute approximate surface area is 206 Å². The molecule has 6 heteroatoms. The van der Waals surface area contributed by atoms with Gasteiger partial charge in [-0.1, -0.05) is 35.9 Å². The number of aryl methyl sites for hydroxylation is 2. The molecule has 0 radical (unpaired) electrons. The Kier molecular flexibility index (Phi) is 4.09. The molecule has 3 heterocycles. The molecule has 1 aliphatic heterocycles. The highest BCUT2D eigenvalue weighted by Gasteiger charge is 2.21. The second kappa shape index (κ2) is 7.89. The van der Waals surface area contributed by atoms with Gasteiger partial charge in [0.2, 0.25) is 0 Å². The number of imidazole rings is 1. The number of rotatable bonds is 1. The van der Waals surface area contributed by atoms with Gasteiger partial charge in [-0.05, 0) is 65.6 Å². The minimum absolute atomic E-state index is 0.263. The first-order valence-electron chi connectivity index (χ1n) is 12.4. The van der Waals surface area contributed by atoms with Crippen molar-refractivity contribution in [2.75, 3.05) is 0 Å². The standard InChI is InChI=1S/C28H22ClN3O2/c1-17-14-32(16-30-17)28-19-6-8-25(29)21(10-19)15-34-22-5-3-4-18(11-22)23-13-27(33)31(2)26-9-7-20(28)12-24(23)26/h3-14,16,28H,15H2,1-2H3/t28-/m0/s1/i2D3. The number of hydrogen-bond donors (Lipinski definition) is 0. The summed E-state index contributed by atoms with van der Waals surface area (Å²) < 4.78 is 33.1. The maximum absolute atomic E-state index is 13.1. The molecule has 0 unspecified atom stereocenters. The van der Waals surface area contributed by atoms with Gasteiger partial charge in [0.05, 0.1) is 23.6 Å². The Morgan fingerprint density at radius 3 is 2.76 bits per heavy atom. The summed E-state index contributed by atoms with van der Waals surface area (Å²) in [6.45, 7) is -0.438. The van der Waals surface area contributed by atoms with Crippen molar-refractivity contribution in [1.82, 2.24) is 14.1 Å². The first-order valence-corrected chi connectivity index (χ1v) is 11.3. The second-order valence-electron chi connectivity index (χ2n) is 8.54. The van der Waals surface area contributed by atoms with E-state index in [1.807, 2.05) is 72.3 Å². The van der Waals surface area contributed by atoms with Gasteiger partial charge in [-0.2, -0.15) is 0 Å². The summed E-state index contributed by atoms with van der Waals surface area (Å²) in [6.07, 6.45) is 3.74. The van der Waals surface area contributed by atoms with Crippen LogP contribution in [0.15, 0.2) is 84.0 Å². The lowest BCUT2D eigenvalue weighted by Gasteiger charge is -2.22. The van der Waals surface area contributed by atoms with E-state index < -0.39 is 12.5 Å². The molecule has 34 heavy (non-hydrogen) atoms. The Balaban J connectivity index is 1.73. The van der Waals surface area contributed by atoms with E-state index in [0.29, 0.717) is 27.2 Å². The molecule has 1 aliphatic rings. The Morgan fingerprint density at radius 2 is 1.94 bits per heavy atom. The van der Waals surface area contributed by atoms with E-state index in [4.69, 9.17) is 20.5 Å². The van der Waals surface area contributed by atoms with Crippen molar-refractivity contribution in [3.8, 4) is 16.9 Å². The average Bonchev–Trinajstić information content (AvgIpc) is 3.28. The maximum atomic E-state index is 13.1.